The maximum Gasteiger partial charge on any atom is 0.130 e. The molecule has 0 saturated carbocycles. The molecule has 108 valence electrons. The van der Waals surface area contributed by atoms with Gasteiger partial charge in [0, 0.05) is 18.7 Å². The number of rotatable bonds is 5. The zero-order valence-corrected chi connectivity index (χ0v) is 12.7. The van der Waals surface area contributed by atoms with Crippen molar-refractivity contribution in [3.05, 3.63) is 52.1 Å². The van der Waals surface area contributed by atoms with Crippen LogP contribution < -0.4 is 5.32 Å². The summed E-state index contributed by atoms with van der Waals surface area (Å²) in [5, 5.41) is 8.40. The van der Waals surface area contributed by atoms with E-state index in [1.807, 2.05) is 33.0 Å². The lowest BCUT2D eigenvalue weighted by Crippen LogP contribution is -2.23. The van der Waals surface area contributed by atoms with Crippen molar-refractivity contribution in [1.29, 1.82) is 0 Å². The highest BCUT2D eigenvalue weighted by Gasteiger charge is 2.18. The standard InChI is InChI=1S/C15H19ClFN3/c1-4-18-14(11-5-7-12(17)8-6-11)9-13-10(2)19-20(3)15(13)16/h5-8,14,18H,4,9H2,1-3H3. The molecule has 1 N–H and O–H groups in total. The molecule has 0 radical (unpaired) electrons. The molecular weight excluding hydrogens is 277 g/mol. The van der Waals surface area contributed by atoms with Crippen LogP contribution in [0.4, 0.5) is 4.39 Å². The van der Waals surface area contributed by atoms with E-state index in [0.717, 1.165) is 29.8 Å². The summed E-state index contributed by atoms with van der Waals surface area (Å²) in [5.41, 5.74) is 3.01. The van der Waals surface area contributed by atoms with E-state index in [2.05, 4.69) is 10.4 Å². The Bertz CT molecular complexity index is 578. The largest absolute Gasteiger partial charge is 0.310 e. The van der Waals surface area contributed by atoms with Crippen molar-refractivity contribution < 1.29 is 4.39 Å². The van der Waals surface area contributed by atoms with Crippen LogP contribution in [0.3, 0.4) is 0 Å². The fourth-order valence-electron chi connectivity index (χ4n) is 2.36. The number of aryl methyl sites for hydroxylation is 2. The van der Waals surface area contributed by atoms with Crippen LogP contribution in [0.1, 0.15) is 29.8 Å². The molecule has 3 nitrogen and oxygen atoms in total. The van der Waals surface area contributed by atoms with Crippen molar-refractivity contribution >= 4 is 11.6 Å². The minimum absolute atomic E-state index is 0.0981. The van der Waals surface area contributed by atoms with E-state index in [1.165, 1.54) is 12.1 Å². The molecule has 2 aromatic rings. The molecule has 0 aliphatic rings. The van der Waals surface area contributed by atoms with Gasteiger partial charge in [-0.15, -0.1) is 0 Å². The lowest BCUT2D eigenvalue weighted by Gasteiger charge is -2.18. The third-order valence-electron chi connectivity index (χ3n) is 3.40. The maximum atomic E-state index is 13.0. The van der Waals surface area contributed by atoms with Crippen molar-refractivity contribution in [2.24, 2.45) is 7.05 Å². The van der Waals surface area contributed by atoms with Crippen LogP contribution in [0.2, 0.25) is 5.15 Å². The number of aromatic nitrogens is 2. The van der Waals surface area contributed by atoms with Crippen LogP contribution in [-0.2, 0) is 13.5 Å². The first kappa shape index (κ1) is 15.0. The van der Waals surface area contributed by atoms with E-state index in [4.69, 9.17) is 11.6 Å². The fraction of sp³-hybridized carbons (Fsp3) is 0.400. The molecule has 1 unspecified atom stereocenters. The van der Waals surface area contributed by atoms with Crippen molar-refractivity contribution in [3.8, 4) is 0 Å². The van der Waals surface area contributed by atoms with E-state index in [0.29, 0.717) is 5.15 Å². The number of halogens is 2. The average molecular weight is 296 g/mol. The summed E-state index contributed by atoms with van der Waals surface area (Å²) in [4.78, 5) is 0. The van der Waals surface area contributed by atoms with E-state index in [-0.39, 0.29) is 11.9 Å². The second-order valence-electron chi connectivity index (χ2n) is 4.84. The third kappa shape index (κ3) is 3.19. The monoisotopic (exact) mass is 295 g/mol. The van der Waals surface area contributed by atoms with Crippen LogP contribution in [0, 0.1) is 12.7 Å². The number of nitrogens with zero attached hydrogens (tertiary/aromatic N) is 2. The molecule has 0 bridgehead atoms. The SMILES string of the molecule is CCNC(Cc1c(C)nn(C)c1Cl)c1ccc(F)cc1. The van der Waals surface area contributed by atoms with Crippen molar-refractivity contribution in [2.75, 3.05) is 6.54 Å². The Morgan fingerprint density at radius 2 is 2.00 bits per heavy atom. The van der Waals surface area contributed by atoms with Gasteiger partial charge in [0.25, 0.3) is 0 Å². The molecule has 1 aromatic carbocycles. The predicted molar refractivity (Wildman–Crippen MR) is 79.5 cm³/mol. The number of likely N-dealkylation sites (N-methyl/N-ethyl adjacent to an activating group) is 1. The molecule has 2 rings (SSSR count). The quantitative estimate of drug-likeness (QED) is 0.916. The zero-order valence-electron chi connectivity index (χ0n) is 12.0. The first-order valence-electron chi connectivity index (χ1n) is 6.69. The topological polar surface area (TPSA) is 29.9 Å². The van der Waals surface area contributed by atoms with Gasteiger partial charge < -0.3 is 5.32 Å². The van der Waals surface area contributed by atoms with Crippen LogP contribution in [-0.4, -0.2) is 16.3 Å². The van der Waals surface area contributed by atoms with E-state index in [1.54, 1.807) is 4.68 Å². The summed E-state index contributed by atoms with van der Waals surface area (Å²) >= 11 is 6.28. The van der Waals surface area contributed by atoms with Gasteiger partial charge in [-0.3, -0.25) is 4.68 Å². The minimum Gasteiger partial charge on any atom is -0.310 e. The third-order valence-corrected chi connectivity index (χ3v) is 3.87. The lowest BCUT2D eigenvalue weighted by atomic mass is 9.99. The van der Waals surface area contributed by atoms with Crippen LogP contribution in [0.15, 0.2) is 24.3 Å². The molecule has 0 aliphatic carbocycles. The first-order valence-corrected chi connectivity index (χ1v) is 7.07. The van der Waals surface area contributed by atoms with Gasteiger partial charge in [0.15, 0.2) is 0 Å². The molecule has 1 aromatic heterocycles. The molecule has 5 heteroatoms. The normalized spacial score (nSPS) is 12.7. The van der Waals surface area contributed by atoms with Gasteiger partial charge in [0.1, 0.15) is 11.0 Å². The molecule has 1 heterocycles. The van der Waals surface area contributed by atoms with Gasteiger partial charge in [-0.25, -0.2) is 4.39 Å². The Morgan fingerprint density at radius 1 is 1.35 bits per heavy atom. The van der Waals surface area contributed by atoms with E-state index >= 15 is 0 Å². The smallest absolute Gasteiger partial charge is 0.130 e. The van der Waals surface area contributed by atoms with Crippen molar-refractivity contribution in [3.63, 3.8) is 0 Å². The molecule has 20 heavy (non-hydrogen) atoms. The first-order chi connectivity index (χ1) is 9.52. The number of hydrogen-bond acceptors (Lipinski definition) is 2. The van der Waals surface area contributed by atoms with Crippen molar-refractivity contribution in [1.82, 2.24) is 15.1 Å². The molecule has 0 amide bonds. The Labute approximate surface area is 123 Å². The summed E-state index contributed by atoms with van der Waals surface area (Å²) in [5.74, 6) is -0.223. The van der Waals surface area contributed by atoms with Gasteiger partial charge in [-0.1, -0.05) is 30.7 Å². The second-order valence-corrected chi connectivity index (χ2v) is 5.20. The Morgan fingerprint density at radius 3 is 2.50 bits per heavy atom. The summed E-state index contributed by atoms with van der Waals surface area (Å²) < 4.78 is 14.7. The average Bonchev–Trinajstić information content (AvgIpc) is 2.65. The lowest BCUT2D eigenvalue weighted by molar-refractivity contribution is 0.546. The summed E-state index contributed by atoms with van der Waals surface area (Å²) in [6.07, 6.45) is 0.734. The zero-order chi connectivity index (χ0) is 14.7. The fourth-order valence-corrected chi connectivity index (χ4v) is 2.61. The molecule has 0 fully saturated rings. The van der Waals surface area contributed by atoms with Crippen LogP contribution >= 0.6 is 11.6 Å². The minimum atomic E-state index is -0.223. The number of benzene rings is 1. The van der Waals surface area contributed by atoms with E-state index in [9.17, 15) is 4.39 Å². The van der Waals surface area contributed by atoms with Gasteiger partial charge in [-0.05, 0) is 37.6 Å². The molecule has 1 atom stereocenters. The molecule has 0 saturated heterocycles. The van der Waals surface area contributed by atoms with Crippen LogP contribution in [0.5, 0.6) is 0 Å². The Hall–Kier alpha value is -1.39. The highest BCUT2D eigenvalue weighted by atomic mass is 35.5. The maximum absolute atomic E-state index is 13.0. The summed E-state index contributed by atoms with van der Waals surface area (Å²) in [6.45, 7) is 4.84. The van der Waals surface area contributed by atoms with Crippen LogP contribution in [0.25, 0.3) is 0 Å². The van der Waals surface area contributed by atoms with Gasteiger partial charge in [0.05, 0.1) is 5.69 Å². The molecule has 0 spiro atoms. The van der Waals surface area contributed by atoms with E-state index < -0.39 is 0 Å². The summed E-state index contributed by atoms with van der Waals surface area (Å²) in [6, 6.07) is 6.68. The highest BCUT2D eigenvalue weighted by molar-refractivity contribution is 6.30. The number of nitrogens with one attached hydrogen (secondary N) is 1. The Balaban J connectivity index is 2.27. The molecular formula is C15H19ClFN3. The predicted octanol–water partition coefficient (Wildman–Crippen LogP) is 3.41. The molecule has 0 aliphatic heterocycles. The summed E-state index contributed by atoms with van der Waals surface area (Å²) in [7, 11) is 1.83. The van der Waals surface area contributed by atoms with Gasteiger partial charge >= 0.3 is 0 Å². The second kappa shape index (κ2) is 6.37. The van der Waals surface area contributed by atoms with Crippen molar-refractivity contribution in [2.45, 2.75) is 26.3 Å². The highest BCUT2D eigenvalue weighted by Crippen LogP contribution is 2.26. The number of hydrogen-bond donors (Lipinski definition) is 1. The van der Waals surface area contributed by atoms with Gasteiger partial charge in [0.2, 0.25) is 0 Å². The van der Waals surface area contributed by atoms with Gasteiger partial charge in [-0.2, -0.15) is 5.10 Å². The Kier molecular flexibility index (Phi) is 4.78.